The van der Waals surface area contributed by atoms with Crippen molar-refractivity contribution in [2.24, 2.45) is 11.7 Å². The van der Waals surface area contributed by atoms with Gasteiger partial charge in [-0.2, -0.15) is 0 Å². The monoisotopic (exact) mass is 233 g/mol. The summed E-state index contributed by atoms with van der Waals surface area (Å²) in [5, 5.41) is 0. The lowest BCUT2D eigenvalue weighted by Gasteiger charge is -2.34. The first kappa shape index (κ1) is 12.4. The van der Waals surface area contributed by atoms with Crippen molar-refractivity contribution in [3.8, 4) is 5.75 Å². The minimum atomic E-state index is 0.730. The standard InChI is InChI=1S/C15H23NO/c1-2-3-8-17-15-6-4-13(5-7-15)14-9-12(10-14)11-16/h4-7,12,14H,2-3,8-11,16H2,1H3. The lowest BCUT2D eigenvalue weighted by Crippen LogP contribution is -2.28. The zero-order valence-electron chi connectivity index (χ0n) is 10.7. The topological polar surface area (TPSA) is 35.2 Å². The van der Waals surface area contributed by atoms with E-state index in [4.69, 9.17) is 10.5 Å². The van der Waals surface area contributed by atoms with Crippen molar-refractivity contribution in [3.05, 3.63) is 29.8 Å². The predicted molar refractivity (Wildman–Crippen MR) is 71.4 cm³/mol. The Hall–Kier alpha value is -1.02. The molecule has 1 fully saturated rings. The van der Waals surface area contributed by atoms with Gasteiger partial charge in [0.05, 0.1) is 6.61 Å². The minimum absolute atomic E-state index is 0.730. The molecular formula is C15H23NO. The number of ether oxygens (including phenoxy) is 1. The maximum atomic E-state index is 5.66. The van der Waals surface area contributed by atoms with Gasteiger partial charge in [0.15, 0.2) is 0 Å². The van der Waals surface area contributed by atoms with Crippen LogP contribution in [0.4, 0.5) is 0 Å². The van der Waals surface area contributed by atoms with E-state index in [0.717, 1.165) is 37.2 Å². The highest BCUT2D eigenvalue weighted by molar-refractivity contribution is 5.30. The van der Waals surface area contributed by atoms with Crippen LogP contribution in [0, 0.1) is 5.92 Å². The quantitative estimate of drug-likeness (QED) is 0.765. The molecule has 2 nitrogen and oxygen atoms in total. The van der Waals surface area contributed by atoms with Crippen molar-refractivity contribution in [2.45, 2.75) is 38.5 Å². The fourth-order valence-electron chi connectivity index (χ4n) is 2.37. The van der Waals surface area contributed by atoms with Gasteiger partial charge in [-0.25, -0.2) is 0 Å². The SMILES string of the molecule is CCCCOc1ccc(C2CC(CN)C2)cc1. The van der Waals surface area contributed by atoms with E-state index in [1.165, 1.54) is 24.8 Å². The molecule has 1 aliphatic rings. The van der Waals surface area contributed by atoms with Gasteiger partial charge in [0.25, 0.3) is 0 Å². The fourth-order valence-corrected chi connectivity index (χ4v) is 2.37. The third-order valence-corrected chi connectivity index (χ3v) is 3.69. The number of unbranched alkanes of at least 4 members (excludes halogenated alkanes) is 1. The first-order valence-corrected chi connectivity index (χ1v) is 6.76. The van der Waals surface area contributed by atoms with E-state index in [1.807, 2.05) is 0 Å². The van der Waals surface area contributed by atoms with Gasteiger partial charge in [-0.05, 0) is 55.3 Å². The second-order valence-corrected chi connectivity index (χ2v) is 5.04. The Morgan fingerprint density at radius 3 is 2.53 bits per heavy atom. The molecule has 1 saturated carbocycles. The van der Waals surface area contributed by atoms with Gasteiger partial charge in [-0.15, -0.1) is 0 Å². The van der Waals surface area contributed by atoms with Crippen LogP contribution in [0.3, 0.4) is 0 Å². The molecule has 0 heterocycles. The molecule has 2 rings (SSSR count). The Balaban J connectivity index is 1.82. The van der Waals surface area contributed by atoms with Gasteiger partial charge in [-0.1, -0.05) is 25.5 Å². The molecule has 0 aromatic heterocycles. The second-order valence-electron chi connectivity index (χ2n) is 5.04. The van der Waals surface area contributed by atoms with E-state index >= 15 is 0 Å². The van der Waals surface area contributed by atoms with E-state index in [9.17, 15) is 0 Å². The molecule has 94 valence electrons. The third-order valence-electron chi connectivity index (χ3n) is 3.69. The van der Waals surface area contributed by atoms with Crippen molar-refractivity contribution in [1.82, 2.24) is 0 Å². The Bertz CT molecular complexity index is 327. The molecule has 0 radical (unpaired) electrons. The fraction of sp³-hybridized carbons (Fsp3) is 0.600. The Kier molecular flexibility index (Phi) is 4.43. The molecule has 1 aliphatic carbocycles. The number of rotatable bonds is 6. The highest BCUT2D eigenvalue weighted by atomic mass is 16.5. The normalized spacial score (nSPS) is 23.2. The Morgan fingerprint density at radius 1 is 1.24 bits per heavy atom. The average molecular weight is 233 g/mol. The number of benzene rings is 1. The molecule has 0 spiro atoms. The van der Waals surface area contributed by atoms with E-state index in [0.29, 0.717) is 0 Å². The van der Waals surface area contributed by atoms with Crippen LogP contribution in [0.5, 0.6) is 5.75 Å². The molecule has 2 N–H and O–H groups in total. The summed E-state index contributed by atoms with van der Waals surface area (Å²) in [4.78, 5) is 0. The van der Waals surface area contributed by atoms with Gasteiger partial charge in [0.1, 0.15) is 5.75 Å². The van der Waals surface area contributed by atoms with Gasteiger partial charge in [-0.3, -0.25) is 0 Å². The van der Waals surface area contributed by atoms with E-state index in [2.05, 4.69) is 31.2 Å². The molecular weight excluding hydrogens is 210 g/mol. The maximum Gasteiger partial charge on any atom is 0.119 e. The Labute approximate surface area is 104 Å². The summed E-state index contributed by atoms with van der Waals surface area (Å²) in [6.45, 7) is 3.85. The van der Waals surface area contributed by atoms with Crippen molar-refractivity contribution in [3.63, 3.8) is 0 Å². The number of hydrogen-bond donors (Lipinski definition) is 1. The zero-order valence-corrected chi connectivity index (χ0v) is 10.7. The molecule has 1 aromatic carbocycles. The molecule has 0 bridgehead atoms. The van der Waals surface area contributed by atoms with Gasteiger partial charge in [0, 0.05) is 0 Å². The smallest absolute Gasteiger partial charge is 0.119 e. The van der Waals surface area contributed by atoms with Crippen molar-refractivity contribution in [2.75, 3.05) is 13.2 Å². The van der Waals surface area contributed by atoms with Crippen LogP contribution in [-0.4, -0.2) is 13.2 Å². The molecule has 1 aromatic rings. The summed E-state index contributed by atoms with van der Waals surface area (Å²) >= 11 is 0. The summed E-state index contributed by atoms with van der Waals surface area (Å²) in [6, 6.07) is 8.61. The predicted octanol–water partition coefficient (Wildman–Crippen LogP) is 3.32. The van der Waals surface area contributed by atoms with Gasteiger partial charge >= 0.3 is 0 Å². The number of hydrogen-bond acceptors (Lipinski definition) is 2. The van der Waals surface area contributed by atoms with Crippen LogP contribution in [0.25, 0.3) is 0 Å². The Morgan fingerprint density at radius 2 is 1.94 bits per heavy atom. The summed E-state index contributed by atoms with van der Waals surface area (Å²) in [7, 11) is 0. The van der Waals surface area contributed by atoms with Crippen LogP contribution < -0.4 is 10.5 Å². The second kappa shape index (κ2) is 6.06. The minimum Gasteiger partial charge on any atom is -0.494 e. The van der Waals surface area contributed by atoms with Gasteiger partial charge in [0.2, 0.25) is 0 Å². The molecule has 0 aliphatic heterocycles. The summed E-state index contributed by atoms with van der Waals surface area (Å²) in [5.41, 5.74) is 7.09. The third kappa shape index (κ3) is 3.22. The van der Waals surface area contributed by atoms with E-state index in [1.54, 1.807) is 0 Å². The lowest BCUT2D eigenvalue weighted by molar-refractivity contribution is 0.271. The van der Waals surface area contributed by atoms with Crippen molar-refractivity contribution in [1.29, 1.82) is 0 Å². The van der Waals surface area contributed by atoms with Crippen molar-refractivity contribution < 1.29 is 4.74 Å². The zero-order chi connectivity index (χ0) is 12.1. The van der Waals surface area contributed by atoms with E-state index in [-0.39, 0.29) is 0 Å². The molecule has 0 unspecified atom stereocenters. The maximum absolute atomic E-state index is 5.66. The summed E-state index contributed by atoms with van der Waals surface area (Å²) < 4.78 is 5.66. The van der Waals surface area contributed by atoms with Crippen LogP contribution in [0.2, 0.25) is 0 Å². The number of nitrogens with two attached hydrogens (primary N) is 1. The molecule has 17 heavy (non-hydrogen) atoms. The molecule has 0 amide bonds. The molecule has 0 atom stereocenters. The molecule has 2 heteroatoms. The van der Waals surface area contributed by atoms with Crippen molar-refractivity contribution >= 4 is 0 Å². The highest BCUT2D eigenvalue weighted by Crippen LogP contribution is 2.41. The average Bonchev–Trinajstić information content (AvgIpc) is 2.30. The van der Waals surface area contributed by atoms with Crippen LogP contribution in [0.1, 0.15) is 44.1 Å². The van der Waals surface area contributed by atoms with Crippen LogP contribution in [0.15, 0.2) is 24.3 Å². The van der Waals surface area contributed by atoms with E-state index < -0.39 is 0 Å². The molecule has 0 saturated heterocycles. The first-order valence-electron chi connectivity index (χ1n) is 6.76. The van der Waals surface area contributed by atoms with Gasteiger partial charge < -0.3 is 10.5 Å². The first-order chi connectivity index (χ1) is 8.33. The lowest BCUT2D eigenvalue weighted by atomic mass is 9.71. The largest absolute Gasteiger partial charge is 0.494 e. The summed E-state index contributed by atoms with van der Waals surface area (Å²) in [5.74, 6) is 2.48. The van der Waals surface area contributed by atoms with Crippen LogP contribution >= 0.6 is 0 Å². The van der Waals surface area contributed by atoms with Crippen LogP contribution in [-0.2, 0) is 0 Å². The summed E-state index contributed by atoms with van der Waals surface area (Å²) in [6.07, 6.45) is 4.82. The highest BCUT2D eigenvalue weighted by Gasteiger charge is 2.28.